The summed E-state index contributed by atoms with van der Waals surface area (Å²) in [5.74, 6) is -0.591. The van der Waals surface area contributed by atoms with Crippen molar-refractivity contribution in [3.63, 3.8) is 0 Å². The second-order valence-corrected chi connectivity index (χ2v) is 6.17. The van der Waals surface area contributed by atoms with Crippen molar-refractivity contribution in [3.8, 4) is 0 Å². The number of anilines is 1. The third-order valence-electron chi connectivity index (χ3n) is 2.83. The lowest BCUT2D eigenvalue weighted by Crippen LogP contribution is -2.47. The van der Waals surface area contributed by atoms with Gasteiger partial charge in [-0.1, -0.05) is 13.8 Å². The van der Waals surface area contributed by atoms with Crippen LogP contribution in [0.1, 0.15) is 29.3 Å². The Morgan fingerprint density at radius 1 is 1.38 bits per heavy atom. The predicted octanol–water partition coefficient (Wildman–Crippen LogP) is 2.44. The summed E-state index contributed by atoms with van der Waals surface area (Å²) in [6.07, 6.45) is 3.10. The molecule has 0 aliphatic heterocycles. The van der Waals surface area contributed by atoms with Gasteiger partial charge >= 0.3 is 0 Å². The Bertz CT molecular complexity index is 619. The molecular weight excluding hydrogens is 290 g/mol. The van der Waals surface area contributed by atoms with Crippen molar-refractivity contribution in [2.24, 2.45) is 5.92 Å². The molecule has 0 fully saturated rings. The molecule has 2 N–H and O–H groups in total. The van der Waals surface area contributed by atoms with Gasteiger partial charge < -0.3 is 15.1 Å². The van der Waals surface area contributed by atoms with Gasteiger partial charge in [0, 0.05) is 11.1 Å². The lowest BCUT2D eigenvalue weighted by Gasteiger charge is -2.20. The van der Waals surface area contributed by atoms with Crippen molar-refractivity contribution in [3.05, 3.63) is 35.2 Å². The first-order valence-corrected chi connectivity index (χ1v) is 7.36. The van der Waals surface area contributed by atoms with Crippen LogP contribution >= 0.6 is 11.3 Å². The second-order valence-electron chi connectivity index (χ2n) is 4.94. The van der Waals surface area contributed by atoms with Crippen molar-refractivity contribution in [2.75, 3.05) is 5.32 Å². The molecule has 0 saturated carbocycles. The van der Waals surface area contributed by atoms with Gasteiger partial charge in [-0.05, 0) is 25.0 Å². The van der Waals surface area contributed by atoms with Crippen LogP contribution in [0.3, 0.4) is 0 Å². The van der Waals surface area contributed by atoms with Gasteiger partial charge in [-0.3, -0.25) is 9.59 Å². The van der Waals surface area contributed by atoms with Gasteiger partial charge in [0.25, 0.3) is 5.91 Å². The quantitative estimate of drug-likeness (QED) is 0.888. The molecule has 6 nitrogen and oxygen atoms in total. The van der Waals surface area contributed by atoms with Gasteiger partial charge in [0.1, 0.15) is 6.04 Å². The number of hydrogen-bond acceptors (Lipinski definition) is 5. The maximum Gasteiger partial charge on any atom is 0.287 e. The van der Waals surface area contributed by atoms with Crippen LogP contribution in [0.4, 0.5) is 5.13 Å². The molecule has 0 aromatic carbocycles. The van der Waals surface area contributed by atoms with E-state index in [4.69, 9.17) is 4.42 Å². The molecule has 21 heavy (non-hydrogen) atoms. The first kappa shape index (κ1) is 15.2. The van der Waals surface area contributed by atoms with E-state index >= 15 is 0 Å². The molecule has 7 heteroatoms. The Balaban J connectivity index is 2.04. The minimum absolute atomic E-state index is 0.0648. The highest BCUT2D eigenvalue weighted by Gasteiger charge is 2.26. The topological polar surface area (TPSA) is 84.2 Å². The summed E-state index contributed by atoms with van der Waals surface area (Å²) in [5, 5.41) is 5.92. The van der Waals surface area contributed by atoms with Crippen molar-refractivity contribution in [1.82, 2.24) is 10.3 Å². The zero-order valence-electron chi connectivity index (χ0n) is 12.0. The van der Waals surface area contributed by atoms with Gasteiger partial charge in [0.2, 0.25) is 5.91 Å². The van der Waals surface area contributed by atoms with E-state index in [9.17, 15) is 9.59 Å². The van der Waals surface area contributed by atoms with Crippen LogP contribution in [0.2, 0.25) is 0 Å². The summed E-state index contributed by atoms with van der Waals surface area (Å²) >= 11 is 1.39. The SMILES string of the molecule is Cc1cnc(NC(=O)C(NC(=O)c2ccco2)C(C)C)s1. The molecule has 0 saturated heterocycles. The largest absolute Gasteiger partial charge is 0.459 e. The van der Waals surface area contributed by atoms with Gasteiger partial charge in [0.15, 0.2) is 10.9 Å². The number of hydrogen-bond donors (Lipinski definition) is 2. The van der Waals surface area contributed by atoms with E-state index in [1.165, 1.54) is 17.6 Å². The number of furan rings is 1. The highest BCUT2D eigenvalue weighted by atomic mass is 32.1. The molecule has 0 aliphatic rings. The number of carbonyl (C=O) groups excluding carboxylic acids is 2. The molecule has 112 valence electrons. The van der Waals surface area contributed by atoms with Gasteiger partial charge in [-0.25, -0.2) is 4.98 Å². The van der Waals surface area contributed by atoms with Gasteiger partial charge in [-0.2, -0.15) is 0 Å². The molecule has 2 heterocycles. The van der Waals surface area contributed by atoms with E-state index < -0.39 is 11.9 Å². The highest BCUT2D eigenvalue weighted by molar-refractivity contribution is 7.15. The summed E-state index contributed by atoms with van der Waals surface area (Å²) in [7, 11) is 0. The van der Waals surface area contributed by atoms with E-state index in [0.717, 1.165) is 4.88 Å². The van der Waals surface area contributed by atoms with Crippen molar-refractivity contribution < 1.29 is 14.0 Å². The zero-order chi connectivity index (χ0) is 15.4. The number of aryl methyl sites for hydroxylation is 1. The molecule has 0 spiro atoms. The Morgan fingerprint density at radius 2 is 2.14 bits per heavy atom. The van der Waals surface area contributed by atoms with Crippen LogP contribution in [0, 0.1) is 12.8 Å². The zero-order valence-corrected chi connectivity index (χ0v) is 12.9. The first-order chi connectivity index (χ1) is 9.97. The molecular formula is C14H17N3O3S. The summed E-state index contributed by atoms with van der Waals surface area (Å²) in [6.45, 7) is 5.63. The van der Waals surface area contributed by atoms with Crippen LogP contribution in [0.5, 0.6) is 0 Å². The van der Waals surface area contributed by atoms with E-state index in [1.54, 1.807) is 18.3 Å². The predicted molar refractivity (Wildman–Crippen MR) is 80.3 cm³/mol. The number of amides is 2. The summed E-state index contributed by atoms with van der Waals surface area (Å²) in [5.41, 5.74) is 0. The van der Waals surface area contributed by atoms with Crippen LogP contribution in [0.25, 0.3) is 0 Å². The molecule has 1 atom stereocenters. The maximum absolute atomic E-state index is 12.3. The first-order valence-electron chi connectivity index (χ1n) is 6.55. The van der Waals surface area contributed by atoms with Crippen LogP contribution in [0.15, 0.2) is 29.0 Å². The standard InChI is InChI=1S/C14H17N3O3S/c1-8(2)11(16-12(18)10-5-4-6-20-10)13(19)17-14-15-7-9(3)21-14/h4-8,11H,1-3H3,(H,16,18)(H,15,17,19). The molecule has 2 amide bonds. The number of thiazole rings is 1. The minimum atomic E-state index is -0.660. The third kappa shape index (κ3) is 3.91. The smallest absolute Gasteiger partial charge is 0.287 e. The van der Waals surface area contributed by atoms with Crippen molar-refractivity contribution in [2.45, 2.75) is 26.8 Å². The lowest BCUT2D eigenvalue weighted by molar-refractivity contribution is -0.118. The van der Waals surface area contributed by atoms with E-state index in [-0.39, 0.29) is 17.6 Å². The maximum atomic E-state index is 12.3. The number of aromatic nitrogens is 1. The van der Waals surface area contributed by atoms with Crippen LogP contribution in [-0.2, 0) is 4.79 Å². The Morgan fingerprint density at radius 3 is 2.67 bits per heavy atom. The highest BCUT2D eigenvalue weighted by Crippen LogP contribution is 2.17. The fourth-order valence-corrected chi connectivity index (χ4v) is 2.42. The monoisotopic (exact) mass is 307 g/mol. The number of nitrogens with zero attached hydrogens (tertiary/aromatic N) is 1. The average molecular weight is 307 g/mol. The fraction of sp³-hybridized carbons (Fsp3) is 0.357. The van der Waals surface area contributed by atoms with Crippen LogP contribution < -0.4 is 10.6 Å². The van der Waals surface area contributed by atoms with E-state index in [0.29, 0.717) is 5.13 Å². The fourth-order valence-electron chi connectivity index (χ4n) is 1.75. The molecule has 2 aromatic rings. The molecule has 2 rings (SSSR count). The van der Waals surface area contributed by atoms with Crippen molar-refractivity contribution >= 4 is 28.3 Å². The number of carbonyl (C=O) groups is 2. The normalized spacial score (nSPS) is 12.2. The molecule has 0 radical (unpaired) electrons. The van der Waals surface area contributed by atoms with E-state index in [2.05, 4.69) is 15.6 Å². The Labute approximate surface area is 126 Å². The second kappa shape index (κ2) is 6.53. The molecule has 0 bridgehead atoms. The van der Waals surface area contributed by atoms with Crippen molar-refractivity contribution in [1.29, 1.82) is 0 Å². The summed E-state index contributed by atoms with van der Waals surface area (Å²) < 4.78 is 5.02. The number of nitrogens with one attached hydrogen (secondary N) is 2. The number of rotatable bonds is 5. The lowest BCUT2D eigenvalue weighted by atomic mass is 10.0. The minimum Gasteiger partial charge on any atom is -0.459 e. The molecule has 1 unspecified atom stereocenters. The van der Waals surface area contributed by atoms with Gasteiger partial charge in [0.05, 0.1) is 6.26 Å². The average Bonchev–Trinajstić information content (AvgIpc) is 3.06. The summed E-state index contributed by atoms with van der Waals surface area (Å²) in [6, 6.07) is 2.51. The Hall–Kier alpha value is -2.15. The third-order valence-corrected chi connectivity index (χ3v) is 3.66. The molecule has 0 aliphatic carbocycles. The van der Waals surface area contributed by atoms with Gasteiger partial charge in [-0.15, -0.1) is 11.3 Å². The van der Waals surface area contributed by atoms with E-state index in [1.807, 2.05) is 20.8 Å². The summed E-state index contributed by atoms with van der Waals surface area (Å²) in [4.78, 5) is 29.3. The van der Waals surface area contributed by atoms with Crippen LogP contribution in [-0.4, -0.2) is 22.8 Å². The Kier molecular flexibility index (Phi) is 4.74. The molecule has 2 aromatic heterocycles.